The van der Waals surface area contributed by atoms with E-state index in [0.29, 0.717) is 12.5 Å². The van der Waals surface area contributed by atoms with Gasteiger partial charge < -0.3 is 19.3 Å². The molecule has 138 valence electrons. The van der Waals surface area contributed by atoms with Gasteiger partial charge in [0.2, 0.25) is 5.82 Å². The first-order valence-corrected chi connectivity index (χ1v) is 9.56. The van der Waals surface area contributed by atoms with Gasteiger partial charge in [0.1, 0.15) is 0 Å². The zero-order chi connectivity index (χ0) is 18.1. The van der Waals surface area contributed by atoms with Gasteiger partial charge in [0.25, 0.3) is 5.91 Å². The normalized spacial score (nSPS) is 17.8. The molecule has 0 saturated carbocycles. The summed E-state index contributed by atoms with van der Waals surface area (Å²) in [6, 6.07) is 8.67. The molecule has 2 aromatic rings. The molecule has 1 amide bonds. The van der Waals surface area contributed by atoms with E-state index in [1.54, 1.807) is 0 Å². The summed E-state index contributed by atoms with van der Waals surface area (Å²) in [5.41, 5.74) is 3.41. The lowest BCUT2D eigenvalue weighted by Gasteiger charge is -2.34. The molecule has 0 bridgehead atoms. The van der Waals surface area contributed by atoms with Gasteiger partial charge >= 0.3 is 0 Å². The molecule has 2 aliphatic rings. The minimum absolute atomic E-state index is 0.0544. The Morgan fingerprint density at radius 3 is 2.50 bits per heavy atom. The molecule has 1 fully saturated rings. The Morgan fingerprint density at radius 2 is 1.81 bits per heavy atom. The van der Waals surface area contributed by atoms with Crippen LogP contribution in [0.25, 0.3) is 11.3 Å². The molecule has 6 heteroatoms. The Morgan fingerprint density at radius 1 is 1.08 bits per heavy atom. The molecule has 1 aromatic heterocycles. The number of rotatable bonds is 5. The second kappa shape index (κ2) is 7.11. The molecule has 0 radical (unpaired) electrons. The molecule has 0 spiro atoms. The first-order valence-electron chi connectivity index (χ1n) is 9.56. The Bertz CT molecular complexity index is 774. The van der Waals surface area contributed by atoms with Gasteiger partial charge in [-0.25, -0.2) is 4.98 Å². The van der Waals surface area contributed by atoms with Gasteiger partial charge in [-0.15, -0.1) is 0 Å². The van der Waals surface area contributed by atoms with Gasteiger partial charge in [0.15, 0.2) is 0 Å². The third-order valence-electron chi connectivity index (χ3n) is 5.46. The first-order chi connectivity index (χ1) is 12.7. The summed E-state index contributed by atoms with van der Waals surface area (Å²) in [5, 5.41) is 0. The van der Waals surface area contributed by atoms with Gasteiger partial charge in [-0.05, 0) is 31.2 Å². The summed E-state index contributed by atoms with van der Waals surface area (Å²) in [7, 11) is 2.17. The van der Waals surface area contributed by atoms with Crippen LogP contribution in [0.15, 0.2) is 30.5 Å². The molecule has 3 heterocycles. The van der Waals surface area contributed by atoms with Crippen LogP contribution >= 0.6 is 0 Å². The van der Waals surface area contributed by atoms with E-state index < -0.39 is 0 Å². The maximum atomic E-state index is 12.5. The fourth-order valence-corrected chi connectivity index (χ4v) is 3.73. The monoisotopic (exact) mass is 353 g/mol. The van der Waals surface area contributed by atoms with Crippen LogP contribution in [0.2, 0.25) is 0 Å². The lowest BCUT2D eigenvalue weighted by Crippen LogP contribution is -2.44. The van der Waals surface area contributed by atoms with Crippen LogP contribution in [0, 0.1) is 0 Å². The summed E-state index contributed by atoms with van der Waals surface area (Å²) in [4.78, 5) is 23.5. The van der Waals surface area contributed by atoms with E-state index in [-0.39, 0.29) is 5.91 Å². The highest BCUT2D eigenvalue weighted by Gasteiger charge is 2.30. The van der Waals surface area contributed by atoms with Gasteiger partial charge in [0, 0.05) is 38.4 Å². The minimum atomic E-state index is 0.0544. The highest BCUT2D eigenvalue weighted by Crippen LogP contribution is 2.28. The van der Waals surface area contributed by atoms with E-state index in [1.165, 1.54) is 5.69 Å². The number of carbonyl (C=O) groups excluding carboxylic acids is 1. The van der Waals surface area contributed by atoms with Crippen LogP contribution in [0.3, 0.4) is 0 Å². The molecule has 1 aromatic carbocycles. The number of aromatic nitrogens is 2. The third kappa shape index (κ3) is 3.09. The Labute approximate surface area is 155 Å². The second-order valence-electron chi connectivity index (χ2n) is 7.30. The number of fused-ring (bicyclic) bond motifs is 1. The Hall–Kier alpha value is -2.34. The predicted octanol–water partition coefficient (Wildman–Crippen LogP) is 2.52. The molecular weight excluding hydrogens is 326 g/mol. The number of benzene rings is 1. The molecule has 0 atom stereocenters. The van der Waals surface area contributed by atoms with Crippen LogP contribution in [0.4, 0.5) is 5.69 Å². The molecule has 0 unspecified atom stereocenters. The summed E-state index contributed by atoms with van der Waals surface area (Å²) in [6.45, 7) is 7.91. The number of piperazine rings is 1. The number of imidazole rings is 1. The van der Waals surface area contributed by atoms with Crippen LogP contribution < -0.4 is 4.90 Å². The van der Waals surface area contributed by atoms with Gasteiger partial charge in [-0.1, -0.05) is 25.5 Å². The van der Waals surface area contributed by atoms with Crippen LogP contribution in [0.1, 0.15) is 30.4 Å². The van der Waals surface area contributed by atoms with E-state index in [2.05, 4.69) is 53.0 Å². The number of amides is 1. The van der Waals surface area contributed by atoms with Gasteiger partial charge in [-0.3, -0.25) is 4.79 Å². The maximum absolute atomic E-state index is 12.5. The van der Waals surface area contributed by atoms with E-state index in [1.807, 2.05) is 15.7 Å². The summed E-state index contributed by atoms with van der Waals surface area (Å²) >= 11 is 0. The topological polar surface area (TPSA) is 44.6 Å². The maximum Gasteiger partial charge on any atom is 0.291 e. The van der Waals surface area contributed by atoms with E-state index >= 15 is 0 Å². The van der Waals surface area contributed by atoms with Crippen molar-refractivity contribution in [2.75, 3.05) is 44.7 Å². The average Bonchev–Trinajstić information content (AvgIpc) is 3.21. The zero-order valence-electron chi connectivity index (χ0n) is 15.7. The van der Waals surface area contributed by atoms with Crippen molar-refractivity contribution in [3.05, 3.63) is 36.3 Å². The van der Waals surface area contributed by atoms with Crippen LogP contribution in [-0.2, 0) is 6.67 Å². The van der Waals surface area contributed by atoms with Gasteiger partial charge in [-0.2, -0.15) is 0 Å². The highest BCUT2D eigenvalue weighted by atomic mass is 16.2. The van der Waals surface area contributed by atoms with Crippen molar-refractivity contribution in [1.82, 2.24) is 19.4 Å². The molecular formula is C20H27N5O. The lowest BCUT2D eigenvalue weighted by molar-refractivity contribution is 0.0764. The third-order valence-corrected chi connectivity index (χ3v) is 5.46. The number of hydrogen-bond acceptors (Lipinski definition) is 4. The second-order valence-corrected chi connectivity index (χ2v) is 7.30. The lowest BCUT2D eigenvalue weighted by atomic mass is 10.1. The van der Waals surface area contributed by atoms with Gasteiger partial charge in [0.05, 0.1) is 18.6 Å². The van der Waals surface area contributed by atoms with E-state index in [9.17, 15) is 4.79 Å². The van der Waals surface area contributed by atoms with Crippen molar-refractivity contribution in [3.8, 4) is 11.3 Å². The number of carbonyl (C=O) groups is 1. The fraction of sp³-hybridized carbons (Fsp3) is 0.500. The number of hydrogen-bond donors (Lipinski definition) is 0. The summed E-state index contributed by atoms with van der Waals surface area (Å²) in [5.74, 6) is 0.623. The van der Waals surface area contributed by atoms with Crippen molar-refractivity contribution >= 4 is 11.6 Å². The average molecular weight is 353 g/mol. The Balaban J connectivity index is 1.51. The predicted molar refractivity (Wildman–Crippen MR) is 103 cm³/mol. The van der Waals surface area contributed by atoms with E-state index in [4.69, 9.17) is 0 Å². The number of anilines is 1. The van der Waals surface area contributed by atoms with Crippen molar-refractivity contribution < 1.29 is 4.79 Å². The standard InChI is InChI=1S/C20H27N5O/c1-3-4-9-24-15-25-18(14-21-19(25)20(24)26)16-5-7-17(8-6-16)23-12-10-22(2)11-13-23/h5-8,14H,3-4,9-13,15H2,1-2H3. The molecule has 0 N–H and O–H groups in total. The number of likely N-dealkylation sites (N-methyl/N-ethyl adjacent to an activating group) is 1. The summed E-state index contributed by atoms with van der Waals surface area (Å²) < 4.78 is 2.04. The molecule has 4 rings (SSSR count). The van der Waals surface area contributed by atoms with Crippen molar-refractivity contribution in [2.45, 2.75) is 26.4 Å². The molecule has 2 aliphatic heterocycles. The molecule has 26 heavy (non-hydrogen) atoms. The smallest absolute Gasteiger partial charge is 0.291 e. The molecule has 0 aliphatic carbocycles. The number of unbranched alkanes of at least 4 members (excludes halogenated alkanes) is 1. The Kier molecular flexibility index (Phi) is 4.68. The van der Waals surface area contributed by atoms with Crippen LogP contribution in [0.5, 0.6) is 0 Å². The van der Waals surface area contributed by atoms with Crippen LogP contribution in [-0.4, -0.2) is 65.0 Å². The largest absolute Gasteiger partial charge is 0.369 e. The highest BCUT2D eigenvalue weighted by molar-refractivity contribution is 5.93. The van der Waals surface area contributed by atoms with Crippen molar-refractivity contribution in [3.63, 3.8) is 0 Å². The number of nitrogens with zero attached hydrogens (tertiary/aromatic N) is 5. The SMILES string of the molecule is CCCCN1Cn2c(-c3ccc(N4CCN(C)CC4)cc3)cnc2C1=O. The molecule has 6 nitrogen and oxygen atoms in total. The minimum Gasteiger partial charge on any atom is -0.369 e. The van der Waals surface area contributed by atoms with E-state index in [0.717, 1.165) is 56.8 Å². The summed E-state index contributed by atoms with van der Waals surface area (Å²) in [6.07, 6.45) is 3.95. The fourth-order valence-electron chi connectivity index (χ4n) is 3.73. The van der Waals surface area contributed by atoms with Crippen molar-refractivity contribution in [2.24, 2.45) is 0 Å². The quantitative estimate of drug-likeness (QED) is 0.829. The van der Waals surface area contributed by atoms with Crippen molar-refractivity contribution in [1.29, 1.82) is 0 Å². The molecule has 1 saturated heterocycles. The zero-order valence-corrected chi connectivity index (χ0v) is 15.7. The first kappa shape index (κ1) is 17.1.